The molecule has 0 aromatic rings. The molecular weight excluding hydrogens is 184 g/mol. The molecule has 0 spiro atoms. The molecule has 0 saturated heterocycles. The molecule has 5 heteroatoms. The first kappa shape index (κ1) is 16.2. The minimum atomic E-state index is 0.0694. The first-order valence-electron chi connectivity index (χ1n) is 4.74. The molecule has 0 aliphatic heterocycles. The van der Waals surface area contributed by atoms with E-state index in [9.17, 15) is 0 Å². The van der Waals surface area contributed by atoms with Crippen molar-refractivity contribution in [2.45, 2.75) is 0 Å². The highest BCUT2D eigenvalue weighted by Crippen LogP contribution is 1.84. The summed E-state index contributed by atoms with van der Waals surface area (Å²) in [6, 6.07) is 0. The van der Waals surface area contributed by atoms with Crippen LogP contribution in [0.5, 0.6) is 0 Å². The summed E-state index contributed by atoms with van der Waals surface area (Å²) in [4.78, 5) is 3.79. The van der Waals surface area contributed by atoms with Gasteiger partial charge in [-0.1, -0.05) is 0 Å². The van der Waals surface area contributed by atoms with Crippen LogP contribution in [-0.4, -0.2) is 85.7 Å². The van der Waals surface area contributed by atoms with Crippen LogP contribution < -0.4 is 0 Å². The van der Waals surface area contributed by atoms with Crippen LogP contribution in [0, 0.1) is 0 Å². The van der Waals surface area contributed by atoms with Crippen molar-refractivity contribution >= 4 is 0 Å². The van der Waals surface area contributed by atoms with Crippen molar-refractivity contribution < 1.29 is 15.3 Å². The van der Waals surface area contributed by atoms with E-state index in [1.54, 1.807) is 4.90 Å². The molecule has 5 nitrogen and oxygen atoms in total. The number of rotatable bonds is 6. The predicted molar refractivity (Wildman–Crippen MR) is 57.3 cm³/mol. The van der Waals surface area contributed by atoms with Gasteiger partial charge in [0.05, 0.1) is 19.8 Å². The van der Waals surface area contributed by atoms with Crippen LogP contribution in [0.15, 0.2) is 0 Å². The van der Waals surface area contributed by atoms with Gasteiger partial charge in [0.15, 0.2) is 0 Å². The molecular formula is C9H24N2O3. The highest BCUT2D eigenvalue weighted by Gasteiger charge is 2.00. The number of hydrogen-bond acceptors (Lipinski definition) is 5. The van der Waals surface area contributed by atoms with Crippen molar-refractivity contribution in [3.63, 3.8) is 0 Å². The summed E-state index contributed by atoms with van der Waals surface area (Å²) in [7, 11) is 6.00. The molecule has 0 bridgehead atoms. The Hall–Kier alpha value is -0.200. The minimum absolute atomic E-state index is 0.0694. The predicted octanol–water partition coefficient (Wildman–Crippen LogP) is -1.56. The van der Waals surface area contributed by atoms with Gasteiger partial charge in [-0.3, -0.25) is 4.90 Å². The van der Waals surface area contributed by atoms with Gasteiger partial charge in [-0.15, -0.1) is 0 Å². The van der Waals surface area contributed by atoms with Gasteiger partial charge in [0.1, 0.15) is 0 Å². The Kier molecular flexibility index (Phi) is 14.8. The van der Waals surface area contributed by atoms with Crippen molar-refractivity contribution in [3.05, 3.63) is 0 Å². The van der Waals surface area contributed by atoms with Gasteiger partial charge < -0.3 is 20.2 Å². The Labute approximate surface area is 86.6 Å². The van der Waals surface area contributed by atoms with Gasteiger partial charge >= 0.3 is 0 Å². The fourth-order valence-electron chi connectivity index (χ4n) is 0.760. The maximum Gasteiger partial charge on any atom is 0.0558 e. The molecule has 0 amide bonds. The molecule has 0 atom stereocenters. The summed E-state index contributed by atoms with van der Waals surface area (Å²) in [5.74, 6) is 0. The zero-order chi connectivity index (χ0) is 11.4. The van der Waals surface area contributed by atoms with Crippen molar-refractivity contribution in [1.82, 2.24) is 9.80 Å². The van der Waals surface area contributed by atoms with Crippen molar-refractivity contribution in [2.75, 3.05) is 60.6 Å². The molecule has 0 unspecified atom stereocenters. The molecule has 0 aromatic heterocycles. The van der Waals surface area contributed by atoms with Crippen molar-refractivity contribution in [3.8, 4) is 0 Å². The summed E-state index contributed by atoms with van der Waals surface area (Å²) >= 11 is 0. The summed E-state index contributed by atoms with van der Waals surface area (Å²) in [5.41, 5.74) is 0. The molecule has 14 heavy (non-hydrogen) atoms. The summed E-state index contributed by atoms with van der Waals surface area (Å²) in [6.45, 7) is 1.75. The molecule has 0 heterocycles. The fourth-order valence-corrected chi connectivity index (χ4v) is 0.760. The van der Waals surface area contributed by atoms with Crippen molar-refractivity contribution in [1.29, 1.82) is 0 Å². The maximum absolute atomic E-state index is 8.48. The first-order valence-corrected chi connectivity index (χ1v) is 4.74. The second-order valence-electron chi connectivity index (χ2n) is 3.35. The van der Waals surface area contributed by atoms with Gasteiger partial charge in [-0.2, -0.15) is 0 Å². The van der Waals surface area contributed by atoms with E-state index in [0.29, 0.717) is 19.6 Å². The molecule has 0 rings (SSSR count). The van der Waals surface area contributed by atoms with E-state index < -0.39 is 0 Å². The van der Waals surface area contributed by atoms with Gasteiger partial charge in [0.2, 0.25) is 0 Å². The van der Waals surface area contributed by atoms with E-state index in [2.05, 4.69) is 0 Å². The average Bonchev–Trinajstić information content (AvgIpc) is 2.04. The average molecular weight is 208 g/mol. The van der Waals surface area contributed by atoms with Crippen molar-refractivity contribution in [2.24, 2.45) is 0 Å². The largest absolute Gasteiger partial charge is 0.395 e. The van der Waals surface area contributed by atoms with E-state index in [1.807, 2.05) is 26.0 Å². The Morgan fingerprint density at radius 2 is 0.929 bits per heavy atom. The van der Waals surface area contributed by atoms with Crippen LogP contribution in [0.3, 0.4) is 0 Å². The Balaban J connectivity index is 0. The van der Waals surface area contributed by atoms with E-state index >= 15 is 0 Å². The number of aliphatic hydroxyl groups excluding tert-OH is 3. The van der Waals surface area contributed by atoms with Crippen LogP contribution in [-0.2, 0) is 0 Å². The van der Waals surface area contributed by atoms with Crippen LogP contribution in [0.2, 0.25) is 0 Å². The van der Waals surface area contributed by atoms with E-state index in [1.165, 1.54) is 0 Å². The molecule has 0 saturated carbocycles. The molecule has 3 N–H and O–H groups in total. The first-order chi connectivity index (χ1) is 6.58. The Morgan fingerprint density at radius 1 is 0.714 bits per heavy atom. The highest BCUT2D eigenvalue weighted by atomic mass is 16.3. The molecule has 0 aromatic carbocycles. The SMILES string of the molecule is CN(C)C.OCCN(CCO)CCO. The lowest BCUT2D eigenvalue weighted by atomic mass is 10.4. The number of hydrogen-bond donors (Lipinski definition) is 3. The Morgan fingerprint density at radius 3 is 1.07 bits per heavy atom. The third kappa shape index (κ3) is 17.8. The summed E-state index contributed by atoms with van der Waals surface area (Å²) < 4.78 is 0. The summed E-state index contributed by atoms with van der Waals surface area (Å²) in [5, 5.41) is 25.5. The Bertz CT molecular complexity index is 85.0. The lowest BCUT2D eigenvalue weighted by Gasteiger charge is -2.17. The molecule has 0 aliphatic carbocycles. The van der Waals surface area contributed by atoms with Gasteiger partial charge in [-0.25, -0.2) is 0 Å². The van der Waals surface area contributed by atoms with E-state index in [-0.39, 0.29) is 19.8 Å². The third-order valence-electron chi connectivity index (χ3n) is 1.25. The second kappa shape index (κ2) is 12.8. The quantitative estimate of drug-likeness (QED) is 0.493. The minimum Gasteiger partial charge on any atom is -0.395 e. The maximum atomic E-state index is 8.48. The van der Waals surface area contributed by atoms with Gasteiger partial charge in [-0.05, 0) is 21.1 Å². The van der Waals surface area contributed by atoms with Crippen LogP contribution in [0.1, 0.15) is 0 Å². The number of nitrogens with zero attached hydrogens (tertiary/aromatic N) is 2. The fraction of sp³-hybridized carbons (Fsp3) is 1.00. The third-order valence-corrected chi connectivity index (χ3v) is 1.25. The van der Waals surface area contributed by atoms with Crippen LogP contribution in [0.25, 0.3) is 0 Å². The molecule has 0 aliphatic rings. The van der Waals surface area contributed by atoms with Crippen LogP contribution >= 0.6 is 0 Å². The zero-order valence-electron chi connectivity index (χ0n) is 9.48. The lowest BCUT2D eigenvalue weighted by Crippen LogP contribution is -2.32. The monoisotopic (exact) mass is 208 g/mol. The molecule has 0 radical (unpaired) electrons. The van der Waals surface area contributed by atoms with E-state index in [4.69, 9.17) is 15.3 Å². The smallest absolute Gasteiger partial charge is 0.0558 e. The summed E-state index contributed by atoms with van der Waals surface area (Å²) in [6.07, 6.45) is 0. The second-order valence-corrected chi connectivity index (χ2v) is 3.35. The molecule has 88 valence electrons. The highest BCUT2D eigenvalue weighted by molar-refractivity contribution is 4.54. The van der Waals surface area contributed by atoms with Gasteiger partial charge in [0, 0.05) is 19.6 Å². The van der Waals surface area contributed by atoms with E-state index in [0.717, 1.165) is 0 Å². The normalized spacial score (nSPS) is 10.3. The lowest BCUT2D eigenvalue weighted by molar-refractivity contribution is 0.136. The van der Waals surface area contributed by atoms with Crippen LogP contribution in [0.4, 0.5) is 0 Å². The molecule has 0 fully saturated rings. The zero-order valence-corrected chi connectivity index (χ0v) is 9.48. The standard InChI is InChI=1S/C6H15NO3.C3H9N/c8-4-1-7(2-5-9)3-6-10;1-4(2)3/h8-10H,1-6H2;1-3H3. The topological polar surface area (TPSA) is 67.2 Å². The number of aliphatic hydroxyl groups is 3. The van der Waals surface area contributed by atoms with Gasteiger partial charge in [0.25, 0.3) is 0 Å².